The van der Waals surface area contributed by atoms with Crippen LogP contribution in [0, 0.1) is 18.3 Å². The molecule has 4 rings (SSSR count). The highest BCUT2D eigenvalue weighted by Crippen LogP contribution is 2.57. The maximum Gasteiger partial charge on any atom is 0.330 e. The van der Waals surface area contributed by atoms with Gasteiger partial charge in [-0.3, -0.25) is 9.59 Å². The first-order valence-corrected chi connectivity index (χ1v) is 12.7. The summed E-state index contributed by atoms with van der Waals surface area (Å²) in [4.78, 5) is 43.2. The van der Waals surface area contributed by atoms with Crippen molar-refractivity contribution in [3.63, 3.8) is 0 Å². The number of ketones is 1. The summed E-state index contributed by atoms with van der Waals surface area (Å²) in [6.45, 7) is 9.44. The van der Waals surface area contributed by atoms with Gasteiger partial charge in [0.2, 0.25) is 5.91 Å². The molecule has 0 aromatic heterocycles. The number of carbonyl (C=O) groups excluding carboxylic acids is 2. The van der Waals surface area contributed by atoms with Crippen LogP contribution in [0.3, 0.4) is 0 Å². The van der Waals surface area contributed by atoms with E-state index in [2.05, 4.69) is 0 Å². The van der Waals surface area contributed by atoms with Crippen LogP contribution in [0.4, 0.5) is 0 Å². The molecule has 5 nitrogen and oxygen atoms in total. The minimum Gasteiger partial charge on any atom is -0.479 e. The largest absolute Gasteiger partial charge is 0.479 e. The molecule has 1 fully saturated rings. The van der Waals surface area contributed by atoms with Gasteiger partial charge in [0, 0.05) is 17.9 Å². The van der Waals surface area contributed by atoms with Crippen molar-refractivity contribution in [1.82, 2.24) is 4.90 Å². The first kappa shape index (κ1) is 26.3. The zero-order valence-corrected chi connectivity index (χ0v) is 22.1. The second kappa shape index (κ2) is 9.97. The number of benzene rings is 3. The molecule has 1 saturated heterocycles. The summed E-state index contributed by atoms with van der Waals surface area (Å²) >= 11 is 0. The Morgan fingerprint density at radius 1 is 0.865 bits per heavy atom. The fourth-order valence-corrected chi connectivity index (χ4v) is 5.81. The Kier molecular flexibility index (Phi) is 7.09. The Balaban J connectivity index is 2.04. The van der Waals surface area contributed by atoms with Crippen LogP contribution in [-0.4, -0.2) is 33.2 Å². The molecule has 0 saturated carbocycles. The number of Topliss-reactive ketones (excluding diaryl/α,β-unsaturated/α-hetero) is 1. The highest BCUT2D eigenvalue weighted by Gasteiger charge is 2.64. The second-order valence-corrected chi connectivity index (χ2v) is 11.5. The number of amides is 1. The number of likely N-dealkylation sites (tertiary alicyclic amines) is 1. The van der Waals surface area contributed by atoms with Crippen LogP contribution in [0.2, 0.25) is 0 Å². The number of aliphatic carboxylic acids is 1. The van der Waals surface area contributed by atoms with Gasteiger partial charge in [-0.1, -0.05) is 111 Å². The molecular formula is C32H35NO4. The molecule has 1 aliphatic heterocycles. The lowest BCUT2D eigenvalue weighted by Gasteiger charge is -2.39. The van der Waals surface area contributed by atoms with E-state index in [1.54, 1.807) is 31.2 Å². The summed E-state index contributed by atoms with van der Waals surface area (Å²) in [6, 6.07) is 25.2. The number of aryl methyl sites for hydroxylation is 1. The summed E-state index contributed by atoms with van der Waals surface area (Å²) in [7, 11) is 0. The summed E-state index contributed by atoms with van der Waals surface area (Å²) in [5, 5.41) is 10.8. The molecule has 5 heteroatoms. The number of hydrogen-bond acceptors (Lipinski definition) is 3. The number of hydrogen-bond donors (Lipinski definition) is 1. The number of carboxylic acids is 1. The highest BCUT2D eigenvalue weighted by molar-refractivity contribution is 6.02. The van der Waals surface area contributed by atoms with Gasteiger partial charge in [-0.25, -0.2) is 4.79 Å². The quantitative estimate of drug-likeness (QED) is 0.398. The maximum absolute atomic E-state index is 14.3. The van der Waals surface area contributed by atoms with Gasteiger partial charge in [-0.05, 0) is 30.4 Å². The third-order valence-electron chi connectivity index (χ3n) is 7.37. The normalized spacial score (nSPS) is 23.6. The van der Waals surface area contributed by atoms with Gasteiger partial charge in [-0.2, -0.15) is 0 Å². The van der Waals surface area contributed by atoms with Crippen molar-refractivity contribution in [2.45, 2.75) is 58.5 Å². The van der Waals surface area contributed by atoms with Crippen molar-refractivity contribution < 1.29 is 19.5 Å². The van der Waals surface area contributed by atoms with E-state index in [-0.39, 0.29) is 23.5 Å². The zero-order chi connectivity index (χ0) is 27.0. The van der Waals surface area contributed by atoms with Crippen LogP contribution >= 0.6 is 0 Å². The predicted octanol–water partition coefficient (Wildman–Crippen LogP) is 6.44. The smallest absolute Gasteiger partial charge is 0.330 e. The monoisotopic (exact) mass is 497 g/mol. The molecule has 3 aromatic carbocycles. The van der Waals surface area contributed by atoms with Crippen LogP contribution in [0.15, 0.2) is 84.9 Å². The number of carboxylic acid groups (broad SMARTS) is 1. The fraction of sp³-hybridized carbons (Fsp3) is 0.344. The van der Waals surface area contributed by atoms with Gasteiger partial charge in [-0.15, -0.1) is 0 Å². The van der Waals surface area contributed by atoms with Gasteiger partial charge in [0.05, 0.1) is 12.0 Å². The zero-order valence-electron chi connectivity index (χ0n) is 22.1. The van der Waals surface area contributed by atoms with Crippen molar-refractivity contribution in [3.8, 4) is 0 Å². The van der Waals surface area contributed by atoms with Gasteiger partial charge < -0.3 is 10.0 Å². The second-order valence-electron chi connectivity index (χ2n) is 11.5. The molecule has 1 heterocycles. The number of rotatable bonds is 6. The fourth-order valence-electron chi connectivity index (χ4n) is 5.81. The van der Waals surface area contributed by atoms with Crippen molar-refractivity contribution in [3.05, 3.63) is 107 Å². The molecule has 4 unspecified atom stereocenters. The predicted molar refractivity (Wildman–Crippen MR) is 144 cm³/mol. The van der Waals surface area contributed by atoms with Crippen LogP contribution in [0.5, 0.6) is 0 Å². The molecule has 192 valence electrons. The Labute approximate surface area is 219 Å². The van der Waals surface area contributed by atoms with Crippen LogP contribution < -0.4 is 0 Å². The molecule has 1 amide bonds. The van der Waals surface area contributed by atoms with E-state index in [1.165, 1.54) is 4.90 Å². The molecule has 1 aliphatic rings. The van der Waals surface area contributed by atoms with Gasteiger partial charge in [0.25, 0.3) is 0 Å². The van der Waals surface area contributed by atoms with Gasteiger partial charge in [0.15, 0.2) is 5.78 Å². The molecule has 37 heavy (non-hydrogen) atoms. The van der Waals surface area contributed by atoms with E-state index < -0.39 is 29.4 Å². The summed E-state index contributed by atoms with van der Waals surface area (Å²) in [5.41, 5.74) is 0.966. The first-order valence-electron chi connectivity index (χ1n) is 12.7. The Morgan fingerprint density at radius 3 is 1.97 bits per heavy atom. The molecule has 1 N–H and O–H groups in total. The lowest BCUT2D eigenvalue weighted by atomic mass is 9.71. The van der Waals surface area contributed by atoms with Crippen LogP contribution in [0.1, 0.15) is 73.1 Å². The summed E-state index contributed by atoms with van der Waals surface area (Å²) in [6.07, 6.45) is 0.159. The molecule has 0 bridgehead atoms. The number of carbonyl (C=O) groups is 3. The topological polar surface area (TPSA) is 74.7 Å². The maximum atomic E-state index is 14.3. The SMILES string of the molecule is Cc1cccc(C2C(C(=O)c3ccccc3)C(c3ccccc3)C(C)(C(=O)O)N2C(=O)CC(C)(C)C)c1. The van der Waals surface area contributed by atoms with E-state index in [4.69, 9.17) is 0 Å². The van der Waals surface area contributed by atoms with Crippen molar-refractivity contribution in [1.29, 1.82) is 0 Å². The van der Waals surface area contributed by atoms with Gasteiger partial charge in [0.1, 0.15) is 5.54 Å². The molecule has 3 aromatic rings. The van der Waals surface area contributed by atoms with E-state index >= 15 is 0 Å². The Bertz CT molecular complexity index is 1300. The molecule has 0 spiro atoms. The lowest BCUT2D eigenvalue weighted by molar-refractivity contribution is -0.158. The summed E-state index contributed by atoms with van der Waals surface area (Å²) < 4.78 is 0. The van der Waals surface area contributed by atoms with Crippen molar-refractivity contribution >= 4 is 17.7 Å². The van der Waals surface area contributed by atoms with Crippen molar-refractivity contribution in [2.24, 2.45) is 11.3 Å². The van der Waals surface area contributed by atoms with Crippen LogP contribution in [-0.2, 0) is 9.59 Å². The van der Waals surface area contributed by atoms with Crippen LogP contribution in [0.25, 0.3) is 0 Å². The Morgan fingerprint density at radius 2 is 1.43 bits per heavy atom. The highest BCUT2D eigenvalue weighted by atomic mass is 16.4. The van der Waals surface area contributed by atoms with E-state index in [0.717, 1.165) is 16.7 Å². The van der Waals surface area contributed by atoms with E-state index in [9.17, 15) is 19.5 Å². The minimum atomic E-state index is -1.65. The first-order chi connectivity index (χ1) is 17.4. The molecule has 0 radical (unpaired) electrons. The molecule has 4 atom stereocenters. The van der Waals surface area contributed by atoms with E-state index in [0.29, 0.717) is 5.56 Å². The van der Waals surface area contributed by atoms with Crippen molar-refractivity contribution in [2.75, 3.05) is 0 Å². The average molecular weight is 498 g/mol. The van der Waals surface area contributed by atoms with E-state index in [1.807, 2.05) is 88.4 Å². The molecular weight excluding hydrogens is 462 g/mol. The molecule has 0 aliphatic carbocycles. The third kappa shape index (κ3) is 4.95. The van der Waals surface area contributed by atoms with Gasteiger partial charge >= 0.3 is 5.97 Å². The minimum absolute atomic E-state index is 0.159. The average Bonchev–Trinajstić information content (AvgIpc) is 3.14. The standard InChI is InChI=1S/C32H35NO4/c1-21-13-12-18-24(19-21)28-26(29(35)23-16-10-7-11-17-23)27(22-14-8-6-9-15-22)32(5,30(36)37)33(28)25(34)20-31(2,3)4/h6-19,26-28H,20H2,1-5H3,(H,36,37). The third-order valence-corrected chi connectivity index (χ3v) is 7.37. The lowest BCUT2D eigenvalue weighted by Crippen LogP contribution is -2.54. The number of nitrogens with zero attached hydrogens (tertiary/aromatic N) is 1. The summed E-state index contributed by atoms with van der Waals surface area (Å²) in [5.74, 6) is -3.11. The Hall–Kier alpha value is -3.73.